The molecule has 0 spiro atoms. The monoisotopic (exact) mass is 415 g/mol. The maximum Gasteiger partial charge on any atom is 0.251 e. The van der Waals surface area contributed by atoms with E-state index in [1.807, 2.05) is 12.1 Å². The number of nitrogens with two attached hydrogens (primary N) is 1. The van der Waals surface area contributed by atoms with Gasteiger partial charge in [0.25, 0.3) is 5.91 Å². The molecule has 2 bridgehead atoms. The standard InChI is InChI=1S/C17H22BrN3O2.ClH/c18-13-3-1-2-12(9-13)16(22)20-6-7-21-17(23)14-10-4-5-11(8-10)15(14)19;/h1-3,9-11,14-15H,4-8,19H2,(H,20,22)(H,21,23);1H. The summed E-state index contributed by atoms with van der Waals surface area (Å²) in [4.78, 5) is 24.3. The zero-order valence-corrected chi connectivity index (χ0v) is 15.7. The van der Waals surface area contributed by atoms with Crippen LogP contribution in [0.5, 0.6) is 0 Å². The van der Waals surface area contributed by atoms with Crippen molar-refractivity contribution >= 4 is 40.2 Å². The Balaban J connectivity index is 0.00000208. The minimum atomic E-state index is -0.142. The molecule has 2 saturated carbocycles. The number of carbonyl (C=O) groups is 2. The van der Waals surface area contributed by atoms with Gasteiger partial charge < -0.3 is 16.4 Å². The molecule has 4 N–H and O–H groups in total. The van der Waals surface area contributed by atoms with Crippen molar-refractivity contribution in [1.82, 2.24) is 10.6 Å². The second-order valence-corrected chi connectivity index (χ2v) is 7.41. The highest BCUT2D eigenvalue weighted by atomic mass is 79.9. The SMILES string of the molecule is Cl.NC1C2CCC(C2)C1C(=O)NCCNC(=O)c1cccc(Br)c1. The van der Waals surface area contributed by atoms with Gasteiger partial charge in [-0.25, -0.2) is 0 Å². The van der Waals surface area contributed by atoms with Gasteiger partial charge in [0.2, 0.25) is 5.91 Å². The van der Waals surface area contributed by atoms with Gasteiger partial charge in [0.15, 0.2) is 0 Å². The molecule has 0 saturated heterocycles. The third-order valence-electron chi connectivity index (χ3n) is 5.08. The van der Waals surface area contributed by atoms with Gasteiger partial charge >= 0.3 is 0 Å². The van der Waals surface area contributed by atoms with Crippen molar-refractivity contribution in [3.05, 3.63) is 34.3 Å². The first kappa shape index (κ1) is 19.2. The van der Waals surface area contributed by atoms with Gasteiger partial charge in [-0.3, -0.25) is 9.59 Å². The van der Waals surface area contributed by atoms with Crippen molar-refractivity contribution in [2.75, 3.05) is 13.1 Å². The zero-order valence-electron chi connectivity index (χ0n) is 13.3. The number of fused-ring (bicyclic) bond motifs is 2. The van der Waals surface area contributed by atoms with E-state index in [2.05, 4.69) is 26.6 Å². The second kappa shape index (κ2) is 8.32. The summed E-state index contributed by atoms with van der Waals surface area (Å²) in [5, 5.41) is 5.73. The molecule has 2 aliphatic rings. The molecule has 4 atom stereocenters. The van der Waals surface area contributed by atoms with E-state index in [4.69, 9.17) is 5.73 Å². The Morgan fingerprint density at radius 3 is 2.54 bits per heavy atom. The maximum atomic E-state index is 12.3. The topological polar surface area (TPSA) is 84.2 Å². The molecule has 132 valence electrons. The van der Waals surface area contributed by atoms with Crippen molar-refractivity contribution in [1.29, 1.82) is 0 Å². The van der Waals surface area contributed by atoms with E-state index in [0.717, 1.165) is 23.7 Å². The van der Waals surface area contributed by atoms with Gasteiger partial charge in [-0.05, 0) is 49.3 Å². The van der Waals surface area contributed by atoms with Gasteiger partial charge in [0.1, 0.15) is 0 Å². The molecule has 0 radical (unpaired) electrons. The fraction of sp³-hybridized carbons (Fsp3) is 0.529. The Morgan fingerprint density at radius 1 is 1.17 bits per heavy atom. The Hall–Kier alpha value is -1.11. The third kappa shape index (κ3) is 4.10. The lowest BCUT2D eigenvalue weighted by molar-refractivity contribution is -0.127. The van der Waals surface area contributed by atoms with E-state index in [1.54, 1.807) is 12.1 Å². The first-order chi connectivity index (χ1) is 11.1. The van der Waals surface area contributed by atoms with Crippen molar-refractivity contribution in [3.8, 4) is 0 Å². The lowest BCUT2D eigenvalue weighted by Crippen LogP contribution is -2.46. The van der Waals surface area contributed by atoms with E-state index in [1.165, 1.54) is 0 Å². The highest BCUT2D eigenvalue weighted by Crippen LogP contribution is 2.47. The van der Waals surface area contributed by atoms with Crippen LogP contribution in [0.1, 0.15) is 29.6 Å². The van der Waals surface area contributed by atoms with Gasteiger partial charge in [0, 0.05) is 29.2 Å². The van der Waals surface area contributed by atoms with Gasteiger partial charge in [-0.1, -0.05) is 22.0 Å². The fourth-order valence-corrected chi connectivity index (χ4v) is 4.34. The first-order valence-corrected chi connectivity index (χ1v) is 8.92. The van der Waals surface area contributed by atoms with Crippen LogP contribution in [0.15, 0.2) is 28.7 Å². The number of amides is 2. The summed E-state index contributed by atoms with van der Waals surface area (Å²) in [7, 11) is 0. The molecule has 2 amide bonds. The number of benzene rings is 1. The van der Waals surface area contributed by atoms with Crippen molar-refractivity contribution < 1.29 is 9.59 Å². The quantitative estimate of drug-likeness (QED) is 0.643. The Kier molecular flexibility index (Phi) is 6.66. The van der Waals surface area contributed by atoms with E-state index >= 15 is 0 Å². The molecule has 3 rings (SSSR count). The maximum absolute atomic E-state index is 12.3. The van der Waals surface area contributed by atoms with Crippen LogP contribution in [0, 0.1) is 17.8 Å². The van der Waals surface area contributed by atoms with Crippen molar-refractivity contribution in [2.24, 2.45) is 23.5 Å². The summed E-state index contributed by atoms with van der Waals surface area (Å²) in [5.74, 6) is 0.825. The number of nitrogens with one attached hydrogen (secondary N) is 2. The average Bonchev–Trinajstić information content (AvgIpc) is 3.12. The zero-order chi connectivity index (χ0) is 16.4. The number of hydrogen-bond acceptors (Lipinski definition) is 3. The summed E-state index contributed by atoms with van der Waals surface area (Å²) in [6.45, 7) is 0.840. The van der Waals surface area contributed by atoms with Crippen LogP contribution in [0.3, 0.4) is 0 Å². The predicted molar refractivity (Wildman–Crippen MR) is 99.0 cm³/mol. The summed E-state index contributed by atoms with van der Waals surface area (Å²) < 4.78 is 0.865. The predicted octanol–water partition coefficient (Wildman–Crippen LogP) is 2.09. The molecule has 0 aromatic heterocycles. The van der Waals surface area contributed by atoms with E-state index < -0.39 is 0 Å². The molecule has 7 heteroatoms. The summed E-state index contributed by atoms with van der Waals surface area (Å²) in [6, 6.07) is 7.21. The minimum absolute atomic E-state index is 0. The second-order valence-electron chi connectivity index (χ2n) is 6.49. The van der Waals surface area contributed by atoms with Gasteiger partial charge in [0.05, 0.1) is 5.92 Å². The van der Waals surface area contributed by atoms with Crippen LogP contribution in [-0.4, -0.2) is 30.9 Å². The van der Waals surface area contributed by atoms with Gasteiger partial charge in [-0.15, -0.1) is 12.4 Å². The third-order valence-corrected chi connectivity index (χ3v) is 5.57. The number of hydrogen-bond donors (Lipinski definition) is 3. The van der Waals surface area contributed by atoms with Crippen LogP contribution in [0.2, 0.25) is 0 Å². The average molecular weight is 417 g/mol. The van der Waals surface area contributed by atoms with Crippen LogP contribution < -0.4 is 16.4 Å². The summed E-state index contributed by atoms with van der Waals surface area (Å²) in [6.07, 6.45) is 3.38. The molecule has 0 aliphatic heterocycles. The first-order valence-electron chi connectivity index (χ1n) is 8.13. The molecule has 24 heavy (non-hydrogen) atoms. The molecule has 5 nitrogen and oxygen atoms in total. The summed E-state index contributed by atoms with van der Waals surface area (Å²) in [5.41, 5.74) is 6.77. The summed E-state index contributed by atoms with van der Waals surface area (Å²) >= 11 is 3.34. The smallest absolute Gasteiger partial charge is 0.251 e. The Morgan fingerprint density at radius 2 is 1.88 bits per heavy atom. The molecule has 2 aliphatic carbocycles. The largest absolute Gasteiger partial charge is 0.354 e. The van der Waals surface area contributed by atoms with Crippen molar-refractivity contribution in [3.63, 3.8) is 0 Å². The Bertz CT molecular complexity index is 611. The van der Waals surface area contributed by atoms with Crippen LogP contribution >= 0.6 is 28.3 Å². The molecule has 4 unspecified atom stereocenters. The van der Waals surface area contributed by atoms with Gasteiger partial charge in [-0.2, -0.15) is 0 Å². The van der Waals surface area contributed by atoms with E-state index in [-0.39, 0.29) is 36.2 Å². The number of rotatable bonds is 5. The van der Waals surface area contributed by atoms with Crippen LogP contribution in [0.25, 0.3) is 0 Å². The molecule has 1 aromatic rings. The molecular formula is C17H23BrClN3O2. The molecule has 2 fully saturated rings. The highest BCUT2D eigenvalue weighted by molar-refractivity contribution is 9.10. The molecular weight excluding hydrogens is 394 g/mol. The van der Waals surface area contributed by atoms with E-state index in [0.29, 0.717) is 30.5 Å². The van der Waals surface area contributed by atoms with Crippen LogP contribution in [-0.2, 0) is 4.79 Å². The molecule has 0 heterocycles. The normalized spacial score (nSPS) is 27.4. The minimum Gasteiger partial charge on any atom is -0.354 e. The molecule has 1 aromatic carbocycles. The van der Waals surface area contributed by atoms with Crippen molar-refractivity contribution in [2.45, 2.75) is 25.3 Å². The Labute approximate surface area is 156 Å². The fourth-order valence-electron chi connectivity index (χ4n) is 3.94. The lowest BCUT2D eigenvalue weighted by atomic mass is 9.84. The number of carbonyl (C=O) groups excluding carboxylic acids is 2. The highest BCUT2D eigenvalue weighted by Gasteiger charge is 2.48. The van der Waals surface area contributed by atoms with Crippen LogP contribution in [0.4, 0.5) is 0 Å². The number of halogens is 2. The van der Waals surface area contributed by atoms with E-state index in [9.17, 15) is 9.59 Å². The lowest BCUT2D eigenvalue weighted by Gasteiger charge is -2.27.